The van der Waals surface area contributed by atoms with E-state index >= 15 is 0 Å². The Morgan fingerprint density at radius 1 is 0.750 bits per heavy atom. The summed E-state index contributed by atoms with van der Waals surface area (Å²) < 4.78 is 0. The lowest BCUT2D eigenvalue weighted by molar-refractivity contribution is -0.112. The molecule has 96 valence electrons. The fourth-order valence-electron chi connectivity index (χ4n) is 2.49. The highest BCUT2D eigenvalue weighted by Crippen LogP contribution is 2.40. The van der Waals surface area contributed by atoms with Crippen molar-refractivity contribution in [1.82, 2.24) is 9.97 Å². The zero-order valence-corrected chi connectivity index (χ0v) is 10.2. The molecule has 2 amide bonds. The first kappa shape index (κ1) is 10.9. The maximum Gasteiger partial charge on any atom is 0.258 e. The van der Waals surface area contributed by atoms with Crippen LogP contribution in [0.3, 0.4) is 0 Å². The van der Waals surface area contributed by atoms with Gasteiger partial charge in [-0.25, -0.2) is 9.97 Å². The van der Waals surface area contributed by atoms with E-state index in [2.05, 4.69) is 20.6 Å². The number of carbonyl (C=O) groups is 2. The number of nitrogens with one attached hydrogen (secondary N) is 2. The molecule has 4 heterocycles. The maximum atomic E-state index is 12.2. The number of aromatic nitrogens is 2. The van der Waals surface area contributed by atoms with E-state index < -0.39 is 0 Å². The molecule has 2 aromatic heterocycles. The van der Waals surface area contributed by atoms with Crippen LogP contribution in [0.4, 0.5) is 11.6 Å². The van der Waals surface area contributed by atoms with Crippen LogP contribution in [0.15, 0.2) is 36.7 Å². The number of carbonyl (C=O) groups excluding carboxylic acids is 2. The van der Waals surface area contributed by atoms with Crippen LogP contribution in [-0.2, 0) is 9.59 Å². The second-order valence-corrected chi connectivity index (χ2v) is 4.46. The van der Waals surface area contributed by atoms with Gasteiger partial charge in [-0.05, 0) is 24.3 Å². The van der Waals surface area contributed by atoms with Crippen LogP contribution in [0.5, 0.6) is 0 Å². The molecule has 2 aromatic rings. The van der Waals surface area contributed by atoms with Gasteiger partial charge in [-0.2, -0.15) is 0 Å². The summed E-state index contributed by atoms with van der Waals surface area (Å²) in [6, 6.07) is 7.00. The van der Waals surface area contributed by atoms with Gasteiger partial charge in [-0.1, -0.05) is 0 Å². The van der Waals surface area contributed by atoms with Crippen molar-refractivity contribution >= 4 is 34.6 Å². The van der Waals surface area contributed by atoms with E-state index in [9.17, 15) is 9.59 Å². The average Bonchev–Trinajstić information content (AvgIpc) is 2.94. The molecule has 0 fully saturated rings. The normalized spacial score (nSPS) is 19.4. The summed E-state index contributed by atoms with van der Waals surface area (Å²) in [4.78, 5) is 32.5. The number of fused-ring (bicyclic) bond motifs is 2. The molecule has 0 saturated heterocycles. The molecule has 0 spiro atoms. The molecule has 0 atom stereocenters. The lowest BCUT2D eigenvalue weighted by Crippen LogP contribution is -2.10. The monoisotopic (exact) mass is 264 g/mol. The Morgan fingerprint density at radius 2 is 1.20 bits per heavy atom. The fourth-order valence-corrected chi connectivity index (χ4v) is 2.49. The van der Waals surface area contributed by atoms with Crippen LogP contribution in [0.2, 0.25) is 0 Å². The number of hydrogen-bond acceptors (Lipinski definition) is 4. The molecule has 0 saturated carbocycles. The highest BCUT2D eigenvalue weighted by Gasteiger charge is 2.35. The Balaban J connectivity index is 2.05. The Labute approximate surface area is 113 Å². The van der Waals surface area contributed by atoms with E-state index in [1.54, 1.807) is 36.7 Å². The topological polar surface area (TPSA) is 84.0 Å². The molecule has 4 rings (SSSR count). The van der Waals surface area contributed by atoms with E-state index in [1.165, 1.54) is 0 Å². The molecule has 0 bridgehead atoms. The van der Waals surface area contributed by atoms with Gasteiger partial charge >= 0.3 is 0 Å². The third kappa shape index (κ3) is 1.33. The van der Waals surface area contributed by atoms with Gasteiger partial charge in [0.05, 0.1) is 11.1 Å². The fraction of sp³-hybridized carbons (Fsp3) is 0. The number of hydrogen-bond donors (Lipinski definition) is 2. The maximum absolute atomic E-state index is 12.2. The van der Waals surface area contributed by atoms with E-state index in [0.717, 1.165) is 0 Å². The summed E-state index contributed by atoms with van der Waals surface area (Å²) in [5.74, 6) is 0.316. The predicted octanol–water partition coefficient (Wildman–Crippen LogP) is 1.29. The molecule has 0 radical (unpaired) electrons. The van der Waals surface area contributed by atoms with Crippen molar-refractivity contribution in [2.75, 3.05) is 10.6 Å². The summed E-state index contributed by atoms with van der Waals surface area (Å²) in [5.41, 5.74) is 1.97. The third-order valence-electron chi connectivity index (χ3n) is 3.32. The highest BCUT2D eigenvalue weighted by atomic mass is 16.2. The molecular weight excluding hydrogens is 256 g/mol. The largest absolute Gasteiger partial charge is 0.306 e. The van der Waals surface area contributed by atoms with Crippen LogP contribution < -0.4 is 10.6 Å². The molecule has 20 heavy (non-hydrogen) atoms. The van der Waals surface area contributed by atoms with Gasteiger partial charge in [0, 0.05) is 23.5 Å². The zero-order chi connectivity index (χ0) is 13.7. The van der Waals surface area contributed by atoms with Gasteiger partial charge in [0.15, 0.2) is 0 Å². The van der Waals surface area contributed by atoms with Gasteiger partial charge in [0.1, 0.15) is 11.6 Å². The zero-order valence-electron chi connectivity index (χ0n) is 10.2. The minimum atomic E-state index is -0.319. The van der Waals surface area contributed by atoms with E-state index in [-0.39, 0.29) is 11.8 Å². The summed E-state index contributed by atoms with van der Waals surface area (Å²) in [7, 11) is 0. The first-order valence-corrected chi connectivity index (χ1v) is 6.03. The van der Waals surface area contributed by atoms with Crippen molar-refractivity contribution in [2.24, 2.45) is 0 Å². The third-order valence-corrected chi connectivity index (χ3v) is 3.32. The van der Waals surface area contributed by atoms with Crippen LogP contribution in [0, 0.1) is 0 Å². The smallest absolute Gasteiger partial charge is 0.258 e. The van der Waals surface area contributed by atoms with Crippen molar-refractivity contribution in [3.63, 3.8) is 0 Å². The summed E-state index contributed by atoms with van der Waals surface area (Å²) in [6.45, 7) is 0. The molecule has 0 aromatic carbocycles. The number of rotatable bonds is 0. The highest BCUT2D eigenvalue weighted by molar-refractivity contribution is 6.48. The van der Waals surface area contributed by atoms with Crippen LogP contribution >= 0.6 is 0 Å². The molecule has 6 heteroatoms. The van der Waals surface area contributed by atoms with Crippen molar-refractivity contribution in [3.8, 4) is 0 Å². The van der Waals surface area contributed by atoms with Crippen LogP contribution in [-0.4, -0.2) is 21.8 Å². The van der Waals surface area contributed by atoms with Crippen molar-refractivity contribution in [2.45, 2.75) is 0 Å². The van der Waals surface area contributed by atoms with Gasteiger partial charge < -0.3 is 10.6 Å². The Hall–Kier alpha value is -3.02. The first-order valence-electron chi connectivity index (χ1n) is 6.03. The van der Waals surface area contributed by atoms with Crippen LogP contribution in [0.25, 0.3) is 11.1 Å². The molecule has 0 unspecified atom stereocenters. The predicted molar refractivity (Wildman–Crippen MR) is 72.5 cm³/mol. The Morgan fingerprint density at radius 3 is 1.65 bits per heavy atom. The molecule has 0 aliphatic carbocycles. The van der Waals surface area contributed by atoms with Crippen molar-refractivity contribution in [3.05, 3.63) is 47.8 Å². The first-order chi connectivity index (χ1) is 9.75. The molecule has 2 aliphatic rings. The second kappa shape index (κ2) is 3.74. The molecular formula is C14H8N4O2. The summed E-state index contributed by atoms with van der Waals surface area (Å²) in [5, 5.41) is 5.33. The summed E-state index contributed by atoms with van der Waals surface area (Å²) >= 11 is 0. The van der Waals surface area contributed by atoms with Gasteiger partial charge in [-0.15, -0.1) is 0 Å². The lowest BCUT2D eigenvalue weighted by atomic mass is 9.98. The SMILES string of the molecule is O=C1Nc2ncccc2C1=C1C(=O)Nc2ncccc21. The van der Waals surface area contributed by atoms with Gasteiger partial charge in [0.25, 0.3) is 11.8 Å². The number of amides is 2. The van der Waals surface area contributed by atoms with Crippen molar-refractivity contribution in [1.29, 1.82) is 0 Å². The van der Waals surface area contributed by atoms with Crippen LogP contribution in [0.1, 0.15) is 11.1 Å². The molecule has 2 aliphatic heterocycles. The Kier molecular flexibility index (Phi) is 2.03. The Bertz CT molecular complexity index is 743. The number of anilines is 2. The second-order valence-electron chi connectivity index (χ2n) is 4.46. The number of pyridine rings is 2. The van der Waals surface area contributed by atoms with Gasteiger partial charge in [-0.3, -0.25) is 9.59 Å². The van der Waals surface area contributed by atoms with E-state index in [0.29, 0.717) is 33.9 Å². The van der Waals surface area contributed by atoms with E-state index in [1.807, 2.05) is 0 Å². The average molecular weight is 264 g/mol. The van der Waals surface area contributed by atoms with Gasteiger partial charge in [0.2, 0.25) is 0 Å². The summed E-state index contributed by atoms with van der Waals surface area (Å²) in [6.07, 6.45) is 3.19. The lowest BCUT2D eigenvalue weighted by Gasteiger charge is -2.01. The minimum Gasteiger partial charge on any atom is -0.306 e. The number of nitrogens with zero attached hydrogens (tertiary/aromatic N) is 2. The molecule has 6 nitrogen and oxygen atoms in total. The van der Waals surface area contributed by atoms with E-state index in [4.69, 9.17) is 0 Å². The minimum absolute atomic E-state index is 0.319. The standard InChI is InChI=1S/C14H8N4O2/c19-13-9(7-3-1-5-15-11(7)17-13)10-8-4-2-6-16-12(8)18-14(10)20/h1-6H,(H,15,17,19)(H,16,18,20). The molecule has 2 N–H and O–H groups in total. The quantitative estimate of drug-likeness (QED) is 0.702. The van der Waals surface area contributed by atoms with Crippen molar-refractivity contribution < 1.29 is 9.59 Å².